The van der Waals surface area contributed by atoms with Crippen molar-refractivity contribution in [3.63, 3.8) is 0 Å². The summed E-state index contributed by atoms with van der Waals surface area (Å²) in [7, 11) is 0. The van der Waals surface area contributed by atoms with E-state index in [9.17, 15) is 9.59 Å². The van der Waals surface area contributed by atoms with Crippen LogP contribution in [0.5, 0.6) is 11.5 Å². The maximum Gasteiger partial charge on any atom is 0.260 e. The molecule has 4 aromatic rings. The highest BCUT2D eigenvalue weighted by atomic mass is 35.5. The van der Waals surface area contributed by atoms with Gasteiger partial charge in [0.05, 0.1) is 5.56 Å². The normalized spacial score (nSPS) is 12.9. The monoisotopic (exact) mass is 443 g/mol. The molecule has 0 radical (unpaired) electrons. The first-order valence-corrected chi connectivity index (χ1v) is 10.5. The van der Waals surface area contributed by atoms with Gasteiger partial charge in [-0.1, -0.05) is 54.1 Å². The van der Waals surface area contributed by atoms with Gasteiger partial charge < -0.3 is 14.5 Å². The van der Waals surface area contributed by atoms with E-state index >= 15 is 0 Å². The quantitative estimate of drug-likeness (QED) is 0.333. The van der Waals surface area contributed by atoms with Crippen molar-refractivity contribution in [2.24, 2.45) is 0 Å². The molecule has 0 saturated heterocycles. The Morgan fingerprint density at radius 1 is 0.938 bits per heavy atom. The molecule has 2 heterocycles. The van der Waals surface area contributed by atoms with Crippen molar-refractivity contribution in [3.8, 4) is 22.6 Å². The van der Waals surface area contributed by atoms with Crippen molar-refractivity contribution in [3.05, 3.63) is 99.3 Å². The molecule has 0 aliphatic carbocycles. The molecule has 0 bridgehead atoms. The number of carbonyl (C=O) groups excluding carboxylic acids is 1. The third-order valence-electron chi connectivity index (χ3n) is 5.28. The van der Waals surface area contributed by atoms with E-state index < -0.39 is 11.3 Å². The van der Waals surface area contributed by atoms with Crippen LogP contribution in [0.3, 0.4) is 0 Å². The number of halogens is 1. The van der Waals surface area contributed by atoms with E-state index in [4.69, 9.17) is 21.1 Å². The summed E-state index contributed by atoms with van der Waals surface area (Å²) in [6.45, 7) is 0.992. The van der Waals surface area contributed by atoms with E-state index in [1.165, 1.54) is 6.08 Å². The van der Waals surface area contributed by atoms with E-state index in [1.54, 1.807) is 36.4 Å². The Labute approximate surface area is 188 Å². The van der Waals surface area contributed by atoms with Gasteiger partial charge in [-0.2, -0.15) is 0 Å². The first-order valence-electron chi connectivity index (χ1n) is 10.1. The van der Waals surface area contributed by atoms with Crippen LogP contribution in [0.15, 0.2) is 77.6 Å². The lowest BCUT2D eigenvalue weighted by atomic mass is 9.94. The van der Waals surface area contributed by atoms with Crippen molar-refractivity contribution in [1.29, 1.82) is 0 Å². The molecule has 0 unspecified atom stereocenters. The molecule has 0 spiro atoms. The van der Waals surface area contributed by atoms with Crippen LogP contribution in [-0.2, 0) is 0 Å². The Hall–Kier alpha value is -3.83. The Balaban J connectivity index is 1.62. The first-order chi connectivity index (χ1) is 15.6. The predicted molar refractivity (Wildman–Crippen MR) is 126 cm³/mol. The van der Waals surface area contributed by atoms with Crippen molar-refractivity contribution >= 4 is 34.4 Å². The fourth-order valence-electron chi connectivity index (χ4n) is 3.82. The third-order valence-corrected chi connectivity index (χ3v) is 5.51. The number of hydrogen-bond donors (Lipinski definition) is 1. The van der Waals surface area contributed by atoms with Crippen molar-refractivity contribution in [1.82, 2.24) is 4.98 Å². The molecule has 1 aliphatic rings. The SMILES string of the molecule is O=C(C=Cc1ccc2c(c1)OCCO2)c1c(-c2ccccc2)c2cc(Cl)ccc2[nH]c1=O. The average molecular weight is 444 g/mol. The molecular formula is C26H18ClNO4. The number of ketones is 1. The summed E-state index contributed by atoms with van der Waals surface area (Å²) in [6.07, 6.45) is 3.07. The van der Waals surface area contributed by atoms with Crippen molar-refractivity contribution in [2.75, 3.05) is 13.2 Å². The third kappa shape index (κ3) is 3.79. The van der Waals surface area contributed by atoms with Crippen LogP contribution in [0.2, 0.25) is 5.02 Å². The van der Waals surface area contributed by atoms with Gasteiger partial charge in [-0.15, -0.1) is 0 Å². The van der Waals surface area contributed by atoms with Crippen LogP contribution in [0.25, 0.3) is 28.1 Å². The fourth-order valence-corrected chi connectivity index (χ4v) is 4.00. The van der Waals surface area contributed by atoms with Crippen LogP contribution < -0.4 is 15.0 Å². The smallest absolute Gasteiger partial charge is 0.260 e. The highest BCUT2D eigenvalue weighted by Crippen LogP contribution is 2.33. The lowest BCUT2D eigenvalue weighted by Gasteiger charge is -2.18. The topological polar surface area (TPSA) is 68.4 Å². The number of rotatable bonds is 4. The molecule has 0 amide bonds. The molecule has 5 nitrogen and oxygen atoms in total. The number of ether oxygens (including phenoxy) is 2. The molecular weight excluding hydrogens is 426 g/mol. The first kappa shape index (κ1) is 20.1. The number of hydrogen-bond acceptors (Lipinski definition) is 4. The van der Waals surface area contributed by atoms with Crippen molar-refractivity contribution in [2.45, 2.75) is 0 Å². The standard InChI is InChI=1S/C26H18ClNO4/c27-18-8-9-20-19(15-18)24(17-4-2-1-3-5-17)25(26(30)28-20)21(29)10-6-16-7-11-22-23(14-16)32-13-12-31-22/h1-11,14-15H,12-13H2,(H,28,30). The molecule has 5 rings (SSSR count). The minimum Gasteiger partial charge on any atom is -0.486 e. The van der Waals surface area contributed by atoms with Gasteiger partial charge >= 0.3 is 0 Å². The molecule has 0 atom stereocenters. The molecule has 158 valence electrons. The van der Waals surface area contributed by atoms with E-state index in [-0.39, 0.29) is 5.56 Å². The van der Waals surface area contributed by atoms with E-state index in [1.807, 2.05) is 36.4 Å². The number of carbonyl (C=O) groups is 1. The molecule has 3 aromatic carbocycles. The summed E-state index contributed by atoms with van der Waals surface area (Å²) in [5.74, 6) is 0.907. The minimum absolute atomic E-state index is 0.0692. The van der Waals surface area contributed by atoms with Gasteiger partial charge in [-0.25, -0.2) is 0 Å². The second-order valence-electron chi connectivity index (χ2n) is 7.36. The number of aromatic amines is 1. The van der Waals surface area contributed by atoms with Gasteiger partial charge in [-0.05, 0) is 47.5 Å². The largest absolute Gasteiger partial charge is 0.486 e. The van der Waals surface area contributed by atoms with Crippen LogP contribution in [0, 0.1) is 0 Å². The maximum absolute atomic E-state index is 13.3. The van der Waals surface area contributed by atoms with E-state index in [0.29, 0.717) is 46.2 Å². The van der Waals surface area contributed by atoms with Gasteiger partial charge in [0.25, 0.3) is 5.56 Å². The Bertz CT molecular complexity index is 1420. The Morgan fingerprint density at radius 2 is 1.72 bits per heavy atom. The predicted octanol–water partition coefficient (Wildman–Crippen LogP) is 5.52. The highest BCUT2D eigenvalue weighted by molar-refractivity contribution is 6.31. The van der Waals surface area contributed by atoms with E-state index in [0.717, 1.165) is 11.1 Å². The number of H-pyrrole nitrogens is 1. The number of nitrogens with one attached hydrogen (secondary N) is 1. The average Bonchev–Trinajstić information content (AvgIpc) is 2.82. The second kappa shape index (κ2) is 8.36. The zero-order chi connectivity index (χ0) is 22.1. The van der Waals surface area contributed by atoms with Crippen LogP contribution in [0.1, 0.15) is 15.9 Å². The van der Waals surface area contributed by atoms with Crippen LogP contribution in [0.4, 0.5) is 0 Å². The molecule has 0 fully saturated rings. The van der Waals surface area contributed by atoms with Gasteiger partial charge in [-0.3, -0.25) is 9.59 Å². The van der Waals surface area contributed by atoms with Gasteiger partial charge in [0.1, 0.15) is 13.2 Å². The van der Waals surface area contributed by atoms with Gasteiger partial charge in [0.15, 0.2) is 17.3 Å². The Morgan fingerprint density at radius 3 is 2.53 bits per heavy atom. The minimum atomic E-state index is -0.449. The molecule has 32 heavy (non-hydrogen) atoms. The summed E-state index contributed by atoms with van der Waals surface area (Å²) in [5.41, 5.74) is 2.33. The van der Waals surface area contributed by atoms with Crippen molar-refractivity contribution < 1.29 is 14.3 Å². The molecule has 1 N–H and O–H groups in total. The maximum atomic E-state index is 13.3. The highest BCUT2D eigenvalue weighted by Gasteiger charge is 2.19. The molecule has 6 heteroatoms. The molecule has 0 saturated carbocycles. The number of aromatic nitrogens is 1. The van der Waals surface area contributed by atoms with Crippen LogP contribution in [-0.4, -0.2) is 24.0 Å². The number of pyridine rings is 1. The molecule has 1 aliphatic heterocycles. The summed E-state index contributed by atoms with van der Waals surface area (Å²) in [4.78, 5) is 29.0. The Kier molecular flexibility index (Phi) is 5.25. The zero-order valence-corrected chi connectivity index (χ0v) is 17.7. The summed E-state index contributed by atoms with van der Waals surface area (Å²) in [6, 6.07) is 20.0. The lowest BCUT2D eigenvalue weighted by Crippen LogP contribution is -2.18. The van der Waals surface area contributed by atoms with Gasteiger partial charge in [0, 0.05) is 21.5 Å². The van der Waals surface area contributed by atoms with Crippen LogP contribution >= 0.6 is 11.6 Å². The zero-order valence-electron chi connectivity index (χ0n) is 16.9. The van der Waals surface area contributed by atoms with Gasteiger partial charge in [0.2, 0.25) is 0 Å². The summed E-state index contributed by atoms with van der Waals surface area (Å²) in [5, 5.41) is 1.23. The summed E-state index contributed by atoms with van der Waals surface area (Å²) < 4.78 is 11.1. The van der Waals surface area contributed by atoms with E-state index in [2.05, 4.69) is 4.98 Å². The number of benzene rings is 3. The second-order valence-corrected chi connectivity index (χ2v) is 7.80. The number of allylic oxidation sites excluding steroid dienone is 1. The fraction of sp³-hybridized carbons (Fsp3) is 0.0769. The number of fused-ring (bicyclic) bond motifs is 2. The molecule has 1 aromatic heterocycles. The summed E-state index contributed by atoms with van der Waals surface area (Å²) >= 11 is 6.24. The lowest BCUT2D eigenvalue weighted by molar-refractivity contribution is 0.104.